The van der Waals surface area contributed by atoms with Crippen molar-refractivity contribution >= 4 is 23.9 Å². The van der Waals surface area contributed by atoms with Crippen LogP contribution < -0.4 is 5.73 Å². The molecule has 1 atom stereocenters. The van der Waals surface area contributed by atoms with Crippen molar-refractivity contribution in [1.82, 2.24) is 14.8 Å². The van der Waals surface area contributed by atoms with Gasteiger partial charge in [-0.25, -0.2) is 14.8 Å². The number of aliphatic imine (C=N–C) groups is 1. The molecular formula is C21H26N6O2. The number of carbonyl (C=O) groups is 2. The topological polar surface area (TPSA) is 94.6 Å². The summed E-state index contributed by atoms with van der Waals surface area (Å²) in [5.74, 6) is -0.137. The molecule has 1 unspecified atom stereocenters. The Bertz CT molecular complexity index is 853. The van der Waals surface area contributed by atoms with Crippen molar-refractivity contribution in [3.63, 3.8) is 0 Å². The number of nitrogens with two attached hydrogens (primary N) is 1. The van der Waals surface area contributed by atoms with Crippen molar-refractivity contribution in [2.45, 2.75) is 19.4 Å². The third-order valence-corrected chi connectivity index (χ3v) is 4.95. The van der Waals surface area contributed by atoms with Gasteiger partial charge in [-0.05, 0) is 18.6 Å². The van der Waals surface area contributed by atoms with Crippen molar-refractivity contribution in [3.05, 3.63) is 60.4 Å². The van der Waals surface area contributed by atoms with Crippen LogP contribution >= 0.6 is 0 Å². The molecule has 1 fully saturated rings. The number of rotatable bonds is 5. The largest absolute Gasteiger partial charge is 0.364 e. The number of benzene rings is 1. The smallest absolute Gasteiger partial charge is 0.341 e. The van der Waals surface area contributed by atoms with Crippen LogP contribution in [-0.2, 0) is 4.79 Å². The molecule has 1 saturated heterocycles. The molecule has 8 nitrogen and oxygen atoms in total. The van der Waals surface area contributed by atoms with E-state index >= 15 is 0 Å². The minimum absolute atomic E-state index is 0.0692. The van der Waals surface area contributed by atoms with E-state index in [4.69, 9.17) is 5.73 Å². The minimum atomic E-state index is -0.600. The number of urea groups is 1. The van der Waals surface area contributed by atoms with Gasteiger partial charge in [-0.1, -0.05) is 43.0 Å². The Morgan fingerprint density at radius 1 is 1.17 bits per heavy atom. The van der Waals surface area contributed by atoms with Gasteiger partial charge in [0.05, 0.1) is 6.04 Å². The Kier molecular flexibility index (Phi) is 6.43. The fourth-order valence-corrected chi connectivity index (χ4v) is 3.39. The van der Waals surface area contributed by atoms with E-state index in [1.165, 1.54) is 0 Å². The van der Waals surface area contributed by atoms with Gasteiger partial charge in [-0.2, -0.15) is 5.10 Å². The van der Waals surface area contributed by atoms with Crippen LogP contribution in [-0.4, -0.2) is 64.9 Å². The summed E-state index contributed by atoms with van der Waals surface area (Å²) in [5, 5.41) is 5.87. The van der Waals surface area contributed by atoms with E-state index in [2.05, 4.69) is 16.7 Å². The molecule has 1 aromatic rings. The van der Waals surface area contributed by atoms with E-state index in [9.17, 15) is 9.59 Å². The van der Waals surface area contributed by atoms with Gasteiger partial charge in [-0.15, -0.1) is 0 Å². The molecule has 2 N–H and O–H groups in total. The zero-order valence-electron chi connectivity index (χ0n) is 16.6. The molecule has 0 aliphatic carbocycles. The van der Waals surface area contributed by atoms with Crippen LogP contribution in [0.5, 0.6) is 0 Å². The van der Waals surface area contributed by atoms with E-state index in [-0.39, 0.29) is 17.8 Å². The lowest BCUT2D eigenvalue weighted by atomic mass is 10.1. The summed E-state index contributed by atoms with van der Waals surface area (Å²) in [7, 11) is 0. The maximum Gasteiger partial charge on any atom is 0.341 e. The first kappa shape index (κ1) is 20.3. The Balaban J connectivity index is 1.61. The van der Waals surface area contributed by atoms with Crippen LogP contribution in [0.1, 0.15) is 24.9 Å². The van der Waals surface area contributed by atoms with Crippen molar-refractivity contribution in [1.29, 1.82) is 0 Å². The monoisotopic (exact) mass is 394 g/mol. The number of carbonyl (C=O) groups excluding carboxylic acids is 2. The average Bonchev–Trinajstić information content (AvgIpc) is 3.23. The van der Waals surface area contributed by atoms with E-state index < -0.39 is 5.91 Å². The lowest BCUT2D eigenvalue weighted by molar-refractivity contribution is -0.111. The number of nitrogens with zero attached hydrogens (tertiary/aromatic N) is 5. The highest BCUT2D eigenvalue weighted by atomic mass is 16.2. The highest BCUT2D eigenvalue weighted by molar-refractivity contribution is 6.43. The molecule has 3 amide bonds. The summed E-state index contributed by atoms with van der Waals surface area (Å²) in [5.41, 5.74) is 6.57. The molecule has 0 aromatic heterocycles. The third-order valence-electron chi connectivity index (χ3n) is 4.95. The van der Waals surface area contributed by atoms with E-state index in [1.54, 1.807) is 35.2 Å². The summed E-state index contributed by atoms with van der Waals surface area (Å²) >= 11 is 0. The molecule has 3 rings (SSSR count). The maximum atomic E-state index is 13.0. The standard InChI is InChI=1S/C21H26N6O2/c1-3-7-18(20(22)28)24-16(2)25-12-14-26(15-13-25)21(29)27-19(10-11-23-27)17-8-5-4-6-9-17/h3-9,11,19H,2,10,12-15H2,1H3,(H2,22,28)/b7-3-,24-18?. The molecule has 8 heteroatoms. The molecule has 0 spiro atoms. The number of hydrogen-bond donors (Lipinski definition) is 1. The first-order chi connectivity index (χ1) is 14.0. The zero-order valence-corrected chi connectivity index (χ0v) is 16.6. The average molecular weight is 394 g/mol. The van der Waals surface area contributed by atoms with Crippen molar-refractivity contribution < 1.29 is 9.59 Å². The fourth-order valence-electron chi connectivity index (χ4n) is 3.39. The van der Waals surface area contributed by atoms with E-state index in [0.717, 1.165) is 5.56 Å². The van der Waals surface area contributed by atoms with Crippen LogP contribution in [0, 0.1) is 0 Å². The van der Waals surface area contributed by atoms with Gasteiger partial charge in [0, 0.05) is 38.8 Å². The normalized spacial score (nSPS) is 19.8. The predicted octanol–water partition coefficient (Wildman–Crippen LogP) is 2.13. The number of allylic oxidation sites excluding steroid dienone is 1. The quantitative estimate of drug-likeness (QED) is 0.775. The Hall–Kier alpha value is -3.42. The zero-order chi connectivity index (χ0) is 20.8. The summed E-state index contributed by atoms with van der Waals surface area (Å²) < 4.78 is 0. The number of hydrazone groups is 1. The molecule has 2 aliphatic heterocycles. The first-order valence-corrected chi connectivity index (χ1v) is 9.62. The van der Waals surface area contributed by atoms with Crippen LogP contribution in [0.25, 0.3) is 0 Å². The highest BCUT2D eigenvalue weighted by Crippen LogP contribution is 2.29. The predicted molar refractivity (Wildman–Crippen MR) is 113 cm³/mol. The van der Waals surface area contributed by atoms with Crippen LogP contribution in [0.15, 0.2) is 65.0 Å². The summed E-state index contributed by atoms with van der Waals surface area (Å²) in [4.78, 5) is 32.4. The van der Waals surface area contributed by atoms with Crippen LogP contribution in [0.2, 0.25) is 0 Å². The second-order valence-corrected chi connectivity index (χ2v) is 6.84. The van der Waals surface area contributed by atoms with Gasteiger partial charge in [0.2, 0.25) is 0 Å². The van der Waals surface area contributed by atoms with Crippen molar-refractivity contribution in [3.8, 4) is 0 Å². The fraction of sp³-hybridized carbons (Fsp3) is 0.333. The van der Waals surface area contributed by atoms with Gasteiger partial charge in [0.25, 0.3) is 5.91 Å². The molecule has 0 saturated carbocycles. The SMILES string of the molecule is C=C(N=C(/C=C\C)C(N)=O)N1CCN(C(=O)N2N=CCC2c2ccccc2)CC1. The summed E-state index contributed by atoms with van der Waals surface area (Å²) in [6, 6.07) is 9.75. The molecule has 2 aliphatic rings. The maximum absolute atomic E-state index is 13.0. The Labute approximate surface area is 170 Å². The number of primary amides is 1. The molecular weight excluding hydrogens is 368 g/mol. The van der Waals surface area contributed by atoms with Gasteiger partial charge in [-0.3, -0.25) is 4.79 Å². The summed E-state index contributed by atoms with van der Waals surface area (Å²) in [6.45, 7) is 7.92. The second kappa shape index (κ2) is 9.18. The number of amides is 3. The number of hydrogen-bond acceptors (Lipinski definition) is 5. The first-order valence-electron chi connectivity index (χ1n) is 9.62. The van der Waals surface area contributed by atoms with Gasteiger partial charge >= 0.3 is 6.03 Å². The molecule has 152 valence electrons. The van der Waals surface area contributed by atoms with Crippen molar-refractivity contribution in [2.24, 2.45) is 15.8 Å². The summed E-state index contributed by atoms with van der Waals surface area (Å²) in [6.07, 6.45) is 5.76. The van der Waals surface area contributed by atoms with Crippen LogP contribution in [0.3, 0.4) is 0 Å². The van der Waals surface area contributed by atoms with Gasteiger partial charge < -0.3 is 15.5 Å². The lowest BCUT2D eigenvalue weighted by Gasteiger charge is -2.37. The molecule has 2 heterocycles. The molecule has 1 aromatic carbocycles. The number of piperazine rings is 1. The van der Waals surface area contributed by atoms with Gasteiger partial charge in [0.15, 0.2) is 0 Å². The van der Waals surface area contributed by atoms with Crippen LogP contribution in [0.4, 0.5) is 4.79 Å². The van der Waals surface area contributed by atoms with Gasteiger partial charge in [0.1, 0.15) is 11.5 Å². The molecule has 0 bridgehead atoms. The highest BCUT2D eigenvalue weighted by Gasteiger charge is 2.33. The van der Waals surface area contributed by atoms with E-state index in [0.29, 0.717) is 38.4 Å². The molecule has 0 radical (unpaired) electrons. The minimum Gasteiger partial charge on any atom is -0.364 e. The second-order valence-electron chi connectivity index (χ2n) is 6.84. The van der Waals surface area contributed by atoms with Crippen molar-refractivity contribution in [2.75, 3.05) is 26.2 Å². The molecule has 29 heavy (non-hydrogen) atoms. The lowest BCUT2D eigenvalue weighted by Crippen LogP contribution is -2.51. The Morgan fingerprint density at radius 3 is 2.45 bits per heavy atom. The Morgan fingerprint density at radius 2 is 1.83 bits per heavy atom. The van der Waals surface area contributed by atoms with E-state index in [1.807, 2.05) is 35.2 Å². The third kappa shape index (κ3) is 4.71.